The maximum absolute atomic E-state index is 10.4. The van der Waals surface area contributed by atoms with E-state index in [1.54, 1.807) is 31.4 Å². The minimum absolute atomic E-state index is 0. The van der Waals surface area contributed by atoms with Gasteiger partial charge in [0.05, 0.1) is 7.11 Å². The van der Waals surface area contributed by atoms with Crippen molar-refractivity contribution < 1.29 is 17.7 Å². The van der Waals surface area contributed by atoms with E-state index in [0.29, 0.717) is 11.4 Å². The molecule has 0 saturated carbocycles. The number of rotatable bonds is 4. The van der Waals surface area contributed by atoms with Crippen LogP contribution in [0, 0.1) is 0 Å². The van der Waals surface area contributed by atoms with E-state index in [9.17, 15) is 8.42 Å². The van der Waals surface area contributed by atoms with Crippen molar-refractivity contribution in [2.45, 2.75) is 0 Å². The average Bonchev–Trinajstić information content (AvgIpc) is 2.14. The molecule has 1 aromatic carbocycles. The van der Waals surface area contributed by atoms with Crippen LogP contribution in [-0.2, 0) is 10.1 Å². The van der Waals surface area contributed by atoms with Crippen molar-refractivity contribution in [2.24, 2.45) is 0 Å². The molecule has 1 rings (SSSR count). The first-order valence-corrected chi connectivity index (χ1v) is 5.45. The second-order valence-electron chi connectivity index (χ2n) is 2.63. The first-order valence-electron chi connectivity index (χ1n) is 3.84. The van der Waals surface area contributed by atoms with Gasteiger partial charge in [-0.25, -0.2) is 0 Å². The molecular weight excluding hydrogens is 229 g/mol. The van der Waals surface area contributed by atoms with Crippen LogP contribution in [0.1, 0.15) is 0 Å². The summed E-state index contributed by atoms with van der Waals surface area (Å²) in [6.45, 7) is 0. The molecule has 0 unspecified atom stereocenters. The average molecular weight is 240 g/mol. The quantitative estimate of drug-likeness (QED) is 0.594. The Morgan fingerprint density at radius 1 is 1.33 bits per heavy atom. The number of ether oxygens (including phenoxy) is 1. The van der Waals surface area contributed by atoms with Crippen molar-refractivity contribution in [3.8, 4) is 5.75 Å². The van der Waals surface area contributed by atoms with E-state index in [-0.39, 0.29) is 29.6 Å². The predicted molar refractivity (Wildman–Crippen MR) is 58.8 cm³/mol. The molecule has 15 heavy (non-hydrogen) atoms. The number of methoxy groups -OCH3 is 1. The molecule has 0 aromatic heterocycles. The summed E-state index contributed by atoms with van der Waals surface area (Å²) < 4.78 is 34.2. The summed E-state index contributed by atoms with van der Waals surface area (Å²) >= 11 is 0. The molecule has 0 heterocycles. The number of benzene rings is 1. The Bertz CT molecular complexity index is 390. The van der Waals surface area contributed by atoms with Crippen molar-refractivity contribution in [2.75, 3.05) is 18.3 Å². The second kappa shape index (κ2) is 6.34. The monoisotopic (exact) mass is 240 g/mol. The fourth-order valence-electron chi connectivity index (χ4n) is 0.883. The van der Waals surface area contributed by atoms with Crippen LogP contribution in [-0.4, -0.2) is 55.5 Å². The number of anilines is 1. The normalized spacial score (nSPS) is 10.3. The largest absolute Gasteiger partial charge is 0.497 e. The molecule has 1 radical (unpaired) electrons. The van der Waals surface area contributed by atoms with Gasteiger partial charge in [0.2, 0.25) is 0 Å². The van der Waals surface area contributed by atoms with Gasteiger partial charge < -0.3 is 10.1 Å². The molecule has 0 aliphatic carbocycles. The molecule has 0 amide bonds. The van der Waals surface area contributed by atoms with Gasteiger partial charge in [0.25, 0.3) is 10.1 Å². The number of hydrogen-bond donors (Lipinski definition) is 2. The van der Waals surface area contributed by atoms with Gasteiger partial charge in [-0.15, -0.1) is 0 Å². The fraction of sp³-hybridized carbons (Fsp3) is 0.250. The van der Waals surface area contributed by atoms with Crippen LogP contribution in [0.25, 0.3) is 0 Å². The Hall–Kier alpha value is -0.270. The maximum atomic E-state index is 10.4. The molecule has 79 valence electrons. The molecule has 0 atom stereocenters. The van der Waals surface area contributed by atoms with Gasteiger partial charge >= 0.3 is 0 Å². The van der Waals surface area contributed by atoms with E-state index >= 15 is 0 Å². The van der Waals surface area contributed by atoms with Gasteiger partial charge in [0.1, 0.15) is 11.6 Å². The van der Waals surface area contributed by atoms with E-state index in [0.717, 1.165) is 0 Å². The zero-order valence-electron chi connectivity index (χ0n) is 8.60. The molecule has 1 aromatic rings. The van der Waals surface area contributed by atoms with Gasteiger partial charge in [-0.1, -0.05) is 0 Å². The SMILES string of the molecule is COc1ccc(NCS(=O)(=O)O)cc1.[Na]. The zero-order chi connectivity index (χ0) is 10.6. The Balaban J connectivity index is 0.00000196. The smallest absolute Gasteiger partial charge is 0.283 e. The first-order chi connectivity index (χ1) is 6.51. The third-order valence-corrected chi connectivity index (χ3v) is 2.06. The molecule has 0 saturated heterocycles. The minimum atomic E-state index is -3.98. The topological polar surface area (TPSA) is 75.6 Å². The summed E-state index contributed by atoms with van der Waals surface area (Å²) in [6, 6.07) is 6.69. The Labute approximate surface area is 111 Å². The summed E-state index contributed by atoms with van der Waals surface area (Å²) in [6.07, 6.45) is 0. The first kappa shape index (κ1) is 14.7. The summed E-state index contributed by atoms with van der Waals surface area (Å²) in [4.78, 5) is 0. The van der Waals surface area contributed by atoms with Crippen LogP contribution in [0.3, 0.4) is 0 Å². The molecule has 7 heteroatoms. The summed E-state index contributed by atoms with van der Waals surface area (Å²) in [5, 5.41) is 2.54. The number of nitrogens with one attached hydrogen (secondary N) is 1. The third-order valence-electron chi connectivity index (χ3n) is 1.55. The standard InChI is InChI=1S/C8H11NO4S.Na/c1-13-8-4-2-7(3-5-8)9-6-14(10,11)12;/h2-5,9H,6H2,1H3,(H,10,11,12);. The van der Waals surface area contributed by atoms with E-state index in [1.807, 2.05) is 0 Å². The number of hydrogen-bond acceptors (Lipinski definition) is 4. The molecule has 5 nitrogen and oxygen atoms in total. The summed E-state index contributed by atoms with van der Waals surface area (Å²) in [7, 11) is -2.44. The van der Waals surface area contributed by atoms with E-state index in [2.05, 4.69) is 5.32 Å². The van der Waals surface area contributed by atoms with Crippen LogP contribution < -0.4 is 10.1 Å². The van der Waals surface area contributed by atoms with Crippen molar-refractivity contribution in [1.29, 1.82) is 0 Å². The Kier molecular flexibility index (Phi) is 6.23. The zero-order valence-corrected chi connectivity index (χ0v) is 11.4. The van der Waals surface area contributed by atoms with Crippen LogP contribution in [0.4, 0.5) is 5.69 Å². The predicted octanol–water partition coefficient (Wildman–Crippen LogP) is 0.572. The van der Waals surface area contributed by atoms with Gasteiger partial charge in [-0.2, -0.15) is 8.42 Å². The van der Waals surface area contributed by atoms with Crippen molar-refractivity contribution in [3.63, 3.8) is 0 Å². The summed E-state index contributed by atoms with van der Waals surface area (Å²) in [5.74, 6) is 0.182. The molecular formula is C8H11NNaO4S. The van der Waals surface area contributed by atoms with Gasteiger partial charge in [-0.3, -0.25) is 4.55 Å². The van der Waals surface area contributed by atoms with Crippen LogP contribution in [0.15, 0.2) is 24.3 Å². The molecule has 0 aliphatic heterocycles. The van der Waals surface area contributed by atoms with Crippen molar-refractivity contribution in [3.05, 3.63) is 24.3 Å². The van der Waals surface area contributed by atoms with Crippen molar-refractivity contribution in [1.82, 2.24) is 0 Å². The second-order valence-corrected chi connectivity index (χ2v) is 4.08. The van der Waals surface area contributed by atoms with Gasteiger partial charge in [0.15, 0.2) is 0 Å². The van der Waals surface area contributed by atoms with Gasteiger partial charge in [-0.05, 0) is 24.3 Å². The maximum Gasteiger partial charge on any atom is 0.283 e. The Morgan fingerprint density at radius 2 is 1.87 bits per heavy atom. The van der Waals surface area contributed by atoms with Crippen LogP contribution in [0.5, 0.6) is 5.75 Å². The minimum Gasteiger partial charge on any atom is -0.497 e. The molecule has 0 aliphatic rings. The van der Waals surface area contributed by atoms with E-state index in [4.69, 9.17) is 9.29 Å². The molecule has 2 N–H and O–H groups in total. The van der Waals surface area contributed by atoms with Crippen LogP contribution in [0.2, 0.25) is 0 Å². The van der Waals surface area contributed by atoms with Gasteiger partial charge in [0, 0.05) is 35.2 Å². The molecule has 0 spiro atoms. The van der Waals surface area contributed by atoms with E-state index < -0.39 is 16.0 Å². The third kappa shape index (κ3) is 6.01. The van der Waals surface area contributed by atoms with Crippen LogP contribution >= 0.6 is 0 Å². The molecule has 0 fully saturated rings. The fourth-order valence-corrected chi connectivity index (χ4v) is 1.23. The molecule has 0 bridgehead atoms. The van der Waals surface area contributed by atoms with Crippen molar-refractivity contribution >= 4 is 45.4 Å². The summed E-state index contributed by atoms with van der Waals surface area (Å²) in [5.41, 5.74) is 0.600. The Morgan fingerprint density at radius 3 is 2.27 bits per heavy atom. The van der Waals surface area contributed by atoms with E-state index in [1.165, 1.54) is 0 Å².